The number of hydrogen-bond acceptors (Lipinski definition) is 11. The first-order valence-corrected chi connectivity index (χ1v) is 22.9. The summed E-state index contributed by atoms with van der Waals surface area (Å²) in [5.74, 6) is -0.672. The number of carbonyl (C=O) groups is 1. The highest BCUT2D eigenvalue weighted by Crippen LogP contribution is 2.26. The average Bonchev–Trinajstić information content (AvgIpc) is 3.14. The van der Waals surface area contributed by atoms with Crippen LogP contribution in [0.15, 0.2) is 0 Å². The van der Waals surface area contributed by atoms with E-state index in [1.165, 1.54) is 96.3 Å². The molecule has 1 saturated heterocycles. The van der Waals surface area contributed by atoms with Gasteiger partial charge in [0.15, 0.2) is 6.29 Å². The highest BCUT2D eigenvalue weighted by molar-refractivity contribution is 7.80. The predicted molar refractivity (Wildman–Crippen MR) is 210 cm³/mol. The summed E-state index contributed by atoms with van der Waals surface area (Å²) in [6, 6.07) is -1.02. The minimum absolute atomic E-state index is 0.265. The quantitative estimate of drug-likeness (QED) is 0.0271. The number of ether oxygens (including phenoxy) is 2. The molecule has 1 rings (SSSR count). The molecule has 0 spiro atoms. The molecular formula is C40H79NO12S. The molecule has 0 aromatic heterocycles. The minimum Gasteiger partial charge on any atom is -0.394 e. The topological polar surface area (TPSA) is 212 Å². The fraction of sp³-hybridized carbons (Fsp3) is 0.975. The number of unbranched alkanes of at least 4 members (excludes halogenated alkanes) is 23. The van der Waals surface area contributed by atoms with Crippen LogP contribution in [-0.2, 0) is 28.9 Å². The van der Waals surface area contributed by atoms with Crippen LogP contribution in [0.5, 0.6) is 0 Å². The number of aliphatic hydroxyl groups excluding tert-OH is 5. The van der Waals surface area contributed by atoms with Crippen LogP contribution in [0.25, 0.3) is 0 Å². The molecule has 1 fully saturated rings. The molecule has 0 aromatic rings. The van der Waals surface area contributed by atoms with Gasteiger partial charge in [-0.15, -0.1) is 0 Å². The molecule has 8 atom stereocenters. The lowest BCUT2D eigenvalue weighted by molar-refractivity contribution is -0.298. The number of nitrogens with one attached hydrogen (secondary N) is 1. The van der Waals surface area contributed by atoms with Crippen LogP contribution in [0.1, 0.15) is 187 Å². The van der Waals surface area contributed by atoms with Gasteiger partial charge in [-0.1, -0.05) is 174 Å². The van der Waals surface area contributed by atoms with Crippen molar-refractivity contribution in [2.45, 2.75) is 236 Å². The van der Waals surface area contributed by atoms with Crippen molar-refractivity contribution in [1.29, 1.82) is 0 Å². The van der Waals surface area contributed by atoms with Crippen molar-refractivity contribution < 1.29 is 57.0 Å². The maximum Gasteiger partial charge on any atom is 0.397 e. The first kappa shape index (κ1) is 51.1. The molecule has 1 aliphatic rings. The number of aliphatic hydroxyl groups is 5. The van der Waals surface area contributed by atoms with Gasteiger partial charge in [-0.2, -0.15) is 8.42 Å². The van der Waals surface area contributed by atoms with Crippen molar-refractivity contribution in [2.24, 2.45) is 0 Å². The lowest BCUT2D eigenvalue weighted by Crippen LogP contribution is -2.61. The van der Waals surface area contributed by atoms with Gasteiger partial charge in [-0.25, -0.2) is 4.18 Å². The van der Waals surface area contributed by atoms with Crippen molar-refractivity contribution >= 4 is 16.3 Å². The molecular weight excluding hydrogens is 719 g/mol. The summed E-state index contributed by atoms with van der Waals surface area (Å²) in [7, 11) is -5.10. The minimum atomic E-state index is -5.10. The predicted octanol–water partition coefficient (Wildman–Crippen LogP) is 6.41. The monoisotopic (exact) mass is 798 g/mol. The van der Waals surface area contributed by atoms with E-state index in [2.05, 4.69) is 23.3 Å². The molecule has 8 unspecified atom stereocenters. The third kappa shape index (κ3) is 24.6. The largest absolute Gasteiger partial charge is 0.397 e. The van der Waals surface area contributed by atoms with Crippen LogP contribution in [0.4, 0.5) is 0 Å². The SMILES string of the molecule is CCCCCCCCCCCCCCCCCCCCCC(O)C(=O)NC(COC1OC(CO)C(O)C(OS(=O)(=O)O)C1O)C(O)CCCCCCCC. The van der Waals surface area contributed by atoms with E-state index >= 15 is 0 Å². The molecule has 0 saturated carbocycles. The van der Waals surface area contributed by atoms with Crippen LogP contribution < -0.4 is 5.32 Å². The van der Waals surface area contributed by atoms with Crippen LogP contribution >= 0.6 is 0 Å². The van der Waals surface area contributed by atoms with Crippen LogP contribution in [-0.4, -0.2) is 107 Å². The summed E-state index contributed by atoms with van der Waals surface area (Å²) in [6.07, 6.45) is 19.2. The second-order valence-electron chi connectivity index (χ2n) is 15.4. The fourth-order valence-corrected chi connectivity index (χ4v) is 7.56. The van der Waals surface area contributed by atoms with Gasteiger partial charge in [0.25, 0.3) is 0 Å². The number of amides is 1. The van der Waals surface area contributed by atoms with E-state index in [0.29, 0.717) is 19.3 Å². The molecule has 1 heterocycles. The Morgan fingerprint density at radius 3 is 1.48 bits per heavy atom. The standard InChI is InChI=1S/C40H79NO12S/c1-3-5-7-9-11-12-13-14-15-16-17-18-19-20-21-22-23-25-27-29-34(44)39(47)41-32(33(43)28-26-24-10-8-6-4-2)31-51-40-37(46)38(53-54(48,49)50)36(45)35(30-42)52-40/h32-38,40,42-46H,3-31H2,1-2H3,(H,41,47)(H,48,49,50). The Balaban J connectivity index is 2.43. The second kappa shape index (κ2) is 32.1. The van der Waals surface area contributed by atoms with E-state index in [4.69, 9.17) is 14.0 Å². The first-order chi connectivity index (χ1) is 25.9. The Morgan fingerprint density at radius 1 is 0.667 bits per heavy atom. The molecule has 0 aromatic carbocycles. The Labute approximate surface area is 327 Å². The van der Waals surface area contributed by atoms with E-state index < -0.39 is 78.5 Å². The van der Waals surface area contributed by atoms with Gasteiger partial charge in [-0.05, 0) is 12.8 Å². The van der Waals surface area contributed by atoms with Gasteiger partial charge >= 0.3 is 10.4 Å². The second-order valence-corrected chi connectivity index (χ2v) is 16.5. The molecule has 0 radical (unpaired) electrons. The van der Waals surface area contributed by atoms with Crippen molar-refractivity contribution in [3.05, 3.63) is 0 Å². The van der Waals surface area contributed by atoms with Crippen LogP contribution in [0.3, 0.4) is 0 Å². The van der Waals surface area contributed by atoms with Crippen molar-refractivity contribution in [3.8, 4) is 0 Å². The fourth-order valence-electron chi connectivity index (χ4n) is 7.05. The molecule has 7 N–H and O–H groups in total. The summed E-state index contributed by atoms with van der Waals surface area (Å²) in [5.41, 5.74) is 0. The maximum absolute atomic E-state index is 13.0. The highest BCUT2D eigenvalue weighted by Gasteiger charge is 2.48. The molecule has 0 aliphatic carbocycles. The maximum atomic E-state index is 13.0. The normalized spacial score (nSPS) is 22.3. The zero-order valence-electron chi connectivity index (χ0n) is 33.7. The zero-order valence-corrected chi connectivity index (χ0v) is 34.5. The van der Waals surface area contributed by atoms with Gasteiger partial charge < -0.3 is 40.3 Å². The summed E-state index contributed by atoms with van der Waals surface area (Å²) in [5, 5.41) is 54.9. The number of rotatable bonds is 36. The van der Waals surface area contributed by atoms with Crippen LogP contribution in [0.2, 0.25) is 0 Å². The Bertz CT molecular complexity index is 1010. The molecule has 322 valence electrons. The van der Waals surface area contributed by atoms with Gasteiger partial charge in [0, 0.05) is 0 Å². The average molecular weight is 798 g/mol. The lowest BCUT2D eigenvalue weighted by atomic mass is 9.99. The molecule has 0 bridgehead atoms. The van der Waals surface area contributed by atoms with E-state index in [1.54, 1.807) is 0 Å². The van der Waals surface area contributed by atoms with Gasteiger partial charge in [0.05, 0.1) is 25.4 Å². The van der Waals surface area contributed by atoms with E-state index in [9.17, 15) is 38.7 Å². The summed E-state index contributed by atoms with van der Waals surface area (Å²) >= 11 is 0. The van der Waals surface area contributed by atoms with E-state index in [1.807, 2.05) is 0 Å². The smallest absolute Gasteiger partial charge is 0.394 e. The molecule has 1 aliphatic heterocycles. The first-order valence-electron chi connectivity index (χ1n) is 21.5. The van der Waals surface area contributed by atoms with Crippen molar-refractivity contribution in [3.63, 3.8) is 0 Å². The third-order valence-electron chi connectivity index (χ3n) is 10.5. The summed E-state index contributed by atoms with van der Waals surface area (Å²) in [6.45, 7) is 3.19. The number of hydrogen-bond donors (Lipinski definition) is 7. The summed E-state index contributed by atoms with van der Waals surface area (Å²) in [4.78, 5) is 13.0. The zero-order chi connectivity index (χ0) is 40.0. The Hall–Kier alpha value is -0.940. The molecule has 14 heteroatoms. The van der Waals surface area contributed by atoms with Gasteiger partial charge in [0.2, 0.25) is 5.91 Å². The highest BCUT2D eigenvalue weighted by atomic mass is 32.3. The van der Waals surface area contributed by atoms with Crippen molar-refractivity contribution in [1.82, 2.24) is 5.32 Å². The third-order valence-corrected chi connectivity index (χ3v) is 11.0. The van der Waals surface area contributed by atoms with E-state index in [-0.39, 0.29) is 6.42 Å². The Morgan fingerprint density at radius 2 is 1.07 bits per heavy atom. The molecule has 54 heavy (non-hydrogen) atoms. The van der Waals surface area contributed by atoms with Crippen LogP contribution in [0, 0.1) is 0 Å². The van der Waals surface area contributed by atoms with Gasteiger partial charge in [0.1, 0.15) is 30.5 Å². The van der Waals surface area contributed by atoms with E-state index in [0.717, 1.165) is 51.4 Å². The summed E-state index contributed by atoms with van der Waals surface area (Å²) < 4.78 is 47.2. The number of carbonyl (C=O) groups excluding carboxylic acids is 1. The van der Waals surface area contributed by atoms with Crippen molar-refractivity contribution in [2.75, 3.05) is 13.2 Å². The lowest BCUT2D eigenvalue weighted by Gasteiger charge is -2.41. The molecule has 1 amide bonds. The van der Waals surface area contributed by atoms with Gasteiger partial charge in [-0.3, -0.25) is 9.35 Å². The Kier molecular flexibility index (Phi) is 30.3. The molecule has 13 nitrogen and oxygen atoms in total.